The van der Waals surface area contributed by atoms with E-state index in [9.17, 15) is 9.18 Å². The largest absolute Gasteiger partial charge is 0.382 e. The summed E-state index contributed by atoms with van der Waals surface area (Å²) >= 11 is 1.32. The van der Waals surface area contributed by atoms with E-state index < -0.39 is 5.82 Å². The van der Waals surface area contributed by atoms with E-state index in [1.165, 1.54) is 23.5 Å². The van der Waals surface area contributed by atoms with Crippen molar-refractivity contribution in [1.29, 1.82) is 0 Å². The zero-order chi connectivity index (χ0) is 13.7. The van der Waals surface area contributed by atoms with Crippen LogP contribution >= 0.6 is 11.3 Å². The minimum absolute atomic E-state index is 0.235. The first-order chi connectivity index (χ1) is 9.22. The minimum Gasteiger partial charge on any atom is -0.382 e. The molecular weight excluding hydrogens is 265 g/mol. The molecule has 1 aromatic heterocycles. The topological polar surface area (TPSA) is 54.0 Å². The number of benzene rings is 1. The standard InChI is InChI=1S/C13H14FN3OS/c1-2-6-15-11-9(4-3-5-10(11)14)12(18)17-13-16-7-8-19-13/h3-5,7-8,15H,2,6H2,1H3,(H,16,17,18). The number of nitrogens with zero attached hydrogens (tertiary/aromatic N) is 1. The molecular formula is C13H14FN3OS. The van der Waals surface area contributed by atoms with Gasteiger partial charge in [-0.25, -0.2) is 9.37 Å². The SMILES string of the molecule is CCCNc1c(F)cccc1C(=O)Nc1nccs1. The fraction of sp³-hybridized carbons (Fsp3) is 0.231. The van der Waals surface area contributed by atoms with Crippen molar-refractivity contribution in [1.82, 2.24) is 4.98 Å². The molecule has 0 bridgehead atoms. The number of hydrogen-bond donors (Lipinski definition) is 2. The minimum atomic E-state index is -0.430. The third kappa shape index (κ3) is 3.29. The van der Waals surface area contributed by atoms with Gasteiger partial charge in [0.2, 0.25) is 0 Å². The molecule has 0 aliphatic carbocycles. The maximum atomic E-state index is 13.8. The summed E-state index contributed by atoms with van der Waals surface area (Å²) in [7, 11) is 0. The lowest BCUT2D eigenvalue weighted by Crippen LogP contribution is -2.16. The van der Waals surface area contributed by atoms with Crippen molar-refractivity contribution < 1.29 is 9.18 Å². The highest BCUT2D eigenvalue weighted by atomic mass is 32.1. The van der Waals surface area contributed by atoms with Crippen molar-refractivity contribution in [3.8, 4) is 0 Å². The van der Waals surface area contributed by atoms with E-state index in [2.05, 4.69) is 15.6 Å². The van der Waals surface area contributed by atoms with Gasteiger partial charge in [0.25, 0.3) is 5.91 Å². The van der Waals surface area contributed by atoms with Crippen molar-refractivity contribution in [2.75, 3.05) is 17.2 Å². The molecule has 0 unspecified atom stereocenters. The smallest absolute Gasteiger partial charge is 0.259 e. The highest BCUT2D eigenvalue weighted by Gasteiger charge is 2.15. The summed E-state index contributed by atoms with van der Waals surface area (Å²) in [6, 6.07) is 4.44. The van der Waals surface area contributed by atoms with Crippen molar-refractivity contribution in [3.05, 3.63) is 41.2 Å². The number of halogens is 1. The van der Waals surface area contributed by atoms with Gasteiger partial charge in [-0.15, -0.1) is 11.3 Å². The third-order valence-electron chi connectivity index (χ3n) is 2.46. The first-order valence-electron chi connectivity index (χ1n) is 5.95. The molecule has 2 aromatic rings. The molecule has 0 fully saturated rings. The Morgan fingerprint density at radius 2 is 2.32 bits per heavy atom. The van der Waals surface area contributed by atoms with Gasteiger partial charge in [-0.2, -0.15) is 0 Å². The molecule has 1 heterocycles. The number of anilines is 2. The van der Waals surface area contributed by atoms with Gasteiger partial charge in [0.15, 0.2) is 5.13 Å². The summed E-state index contributed by atoms with van der Waals surface area (Å²) in [4.78, 5) is 16.1. The summed E-state index contributed by atoms with van der Waals surface area (Å²) in [5.41, 5.74) is 0.516. The maximum Gasteiger partial charge on any atom is 0.259 e. The van der Waals surface area contributed by atoms with Crippen LogP contribution in [-0.2, 0) is 0 Å². The molecule has 19 heavy (non-hydrogen) atoms. The summed E-state index contributed by atoms with van der Waals surface area (Å²) in [6.45, 7) is 2.58. The summed E-state index contributed by atoms with van der Waals surface area (Å²) in [5, 5.41) is 7.84. The number of hydrogen-bond acceptors (Lipinski definition) is 4. The van der Waals surface area contributed by atoms with E-state index in [4.69, 9.17) is 0 Å². The zero-order valence-electron chi connectivity index (χ0n) is 10.4. The van der Waals surface area contributed by atoms with Crippen LogP contribution in [0.25, 0.3) is 0 Å². The predicted molar refractivity (Wildman–Crippen MR) is 75.2 cm³/mol. The maximum absolute atomic E-state index is 13.8. The molecule has 1 aromatic carbocycles. The fourth-order valence-electron chi connectivity index (χ4n) is 1.59. The molecule has 0 spiro atoms. The number of para-hydroxylation sites is 1. The molecule has 100 valence electrons. The van der Waals surface area contributed by atoms with Crippen molar-refractivity contribution in [2.45, 2.75) is 13.3 Å². The predicted octanol–water partition coefficient (Wildman–Crippen LogP) is 3.36. The van der Waals surface area contributed by atoms with E-state index in [1.54, 1.807) is 17.6 Å². The Hall–Kier alpha value is -1.95. The molecule has 0 radical (unpaired) electrons. The van der Waals surface area contributed by atoms with E-state index in [0.717, 1.165) is 6.42 Å². The molecule has 2 N–H and O–H groups in total. The van der Waals surface area contributed by atoms with Gasteiger partial charge in [-0.3, -0.25) is 10.1 Å². The Balaban J connectivity index is 2.22. The van der Waals surface area contributed by atoms with Gasteiger partial charge in [-0.05, 0) is 18.6 Å². The van der Waals surface area contributed by atoms with Crippen LogP contribution in [-0.4, -0.2) is 17.4 Å². The van der Waals surface area contributed by atoms with Gasteiger partial charge < -0.3 is 5.32 Å². The van der Waals surface area contributed by atoms with Crippen molar-refractivity contribution in [3.63, 3.8) is 0 Å². The Morgan fingerprint density at radius 1 is 1.47 bits per heavy atom. The second kappa shape index (κ2) is 6.29. The first kappa shape index (κ1) is 13.5. The van der Waals surface area contributed by atoms with Crippen LogP contribution in [0, 0.1) is 5.82 Å². The van der Waals surface area contributed by atoms with Crippen LogP contribution in [0.4, 0.5) is 15.2 Å². The molecule has 0 aliphatic rings. The Kier molecular flexibility index (Phi) is 4.46. The lowest BCUT2D eigenvalue weighted by Gasteiger charge is -2.11. The van der Waals surface area contributed by atoms with Crippen LogP contribution in [0.2, 0.25) is 0 Å². The van der Waals surface area contributed by atoms with Crippen molar-refractivity contribution in [2.24, 2.45) is 0 Å². The highest BCUT2D eigenvalue weighted by molar-refractivity contribution is 7.13. The lowest BCUT2D eigenvalue weighted by molar-refractivity contribution is 0.102. The Morgan fingerprint density at radius 3 is 3.00 bits per heavy atom. The molecule has 0 atom stereocenters. The first-order valence-corrected chi connectivity index (χ1v) is 6.83. The monoisotopic (exact) mass is 279 g/mol. The second-order valence-electron chi connectivity index (χ2n) is 3.88. The average molecular weight is 279 g/mol. The zero-order valence-corrected chi connectivity index (χ0v) is 11.3. The number of thiazole rings is 1. The molecule has 1 amide bonds. The van der Waals surface area contributed by atoms with E-state index in [1.807, 2.05) is 6.92 Å². The normalized spacial score (nSPS) is 10.2. The summed E-state index contributed by atoms with van der Waals surface area (Å²) in [5.74, 6) is -0.798. The number of carbonyl (C=O) groups excluding carboxylic acids is 1. The summed E-state index contributed by atoms with van der Waals surface area (Å²) in [6.07, 6.45) is 2.45. The second-order valence-corrected chi connectivity index (χ2v) is 4.78. The van der Waals surface area contributed by atoms with E-state index >= 15 is 0 Å². The molecule has 6 heteroatoms. The third-order valence-corrected chi connectivity index (χ3v) is 3.15. The van der Waals surface area contributed by atoms with Crippen LogP contribution in [0.15, 0.2) is 29.8 Å². The van der Waals surface area contributed by atoms with E-state index in [-0.39, 0.29) is 17.2 Å². The summed E-state index contributed by atoms with van der Waals surface area (Å²) < 4.78 is 13.8. The fourth-order valence-corrected chi connectivity index (χ4v) is 2.12. The van der Waals surface area contributed by atoms with Crippen LogP contribution in [0.3, 0.4) is 0 Å². The number of nitrogens with one attached hydrogen (secondary N) is 2. The van der Waals surface area contributed by atoms with Crippen LogP contribution in [0.5, 0.6) is 0 Å². The van der Waals surface area contributed by atoms with Crippen molar-refractivity contribution >= 4 is 28.1 Å². The van der Waals surface area contributed by atoms with Gasteiger partial charge in [0, 0.05) is 18.1 Å². The number of carbonyl (C=O) groups is 1. The molecule has 2 rings (SSSR count). The quantitative estimate of drug-likeness (QED) is 0.882. The van der Waals surface area contributed by atoms with Gasteiger partial charge in [0.1, 0.15) is 5.82 Å². The molecule has 0 saturated carbocycles. The number of rotatable bonds is 5. The number of aromatic nitrogens is 1. The number of amides is 1. The van der Waals surface area contributed by atoms with Crippen LogP contribution < -0.4 is 10.6 Å². The molecule has 0 aliphatic heterocycles. The lowest BCUT2D eigenvalue weighted by atomic mass is 10.1. The molecule has 0 saturated heterocycles. The van der Waals surface area contributed by atoms with Gasteiger partial charge in [-0.1, -0.05) is 13.0 Å². The van der Waals surface area contributed by atoms with Gasteiger partial charge >= 0.3 is 0 Å². The Bertz CT molecular complexity index is 557. The van der Waals surface area contributed by atoms with E-state index in [0.29, 0.717) is 11.7 Å². The van der Waals surface area contributed by atoms with Gasteiger partial charge in [0.05, 0.1) is 11.3 Å². The average Bonchev–Trinajstić information content (AvgIpc) is 2.90. The Labute approximate surface area is 114 Å². The highest BCUT2D eigenvalue weighted by Crippen LogP contribution is 2.21. The van der Waals surface area contributed by atoms with Crippen LogP contribution in [0.1, 0.15) is 23.7 Å². The molecule has 4 nitrogen and oxygen atoms in total.